The van der Waals surface area contributed by atoms with Gasteiger partial charge in [-0.25, -0.2) is 4.98 Å². The molecule has 0 saturated heterocycles. The van der Waals surface area contributed by atoms with Crippen LogP contribution in [0, 0.1) is 6.92 Å². The Morgan fingerprint density at radius 1 is 1.33 bits per heavy atom. The Balaban J connectivity index is 2.30. The smallest absolute Gasteiger partial charge is 0.362 e. The zero-order valence-corrected chi connectivity index (χ0v) is 11.7. The van der Waals surface area contributed by atoms with Gasteiger partial charge in [-0.1, -0.05) is 36.5 Å². The van der Waals surface area contributed by atoms with Gasteiger partial charge in [0.25, 0.3) is 0 Å². The third kappa shape index (κ3) is 3.60. The van der Waals surface area contributed by atoms with E-state index < -0.39 is 17.5 Å². The molecule has 0 amide bonds. The van der Waals surface area contributed by atoms with E-state index in [1.807, 2.05) is 0 Å². The van der Waals surface area contributed by atoms with Crippen molar-refractivity contribution >= 4 is 22.3 Å². The van der Waals surface area contributed by atoms with Crippen molar-refractivity contribution < 1.29 is 18.0 Å². The molecule has 111 valence electrons. The summed E-state index contributed by atoms with van der Waals surface area (Å²) in [7, 11) is 0. The van der Waals surface area contributed by atoms with Crippen LogP contribution >= 0.6 is 11.3 Å². The summed E-state index contributed by atoms with van der Waals surface area (Å²) >= 11 is 1.03. The Morgan fingerprint density at radius 3 is 2.71 bits per heavy atom. The Hall–Kier alpha value is -1.89. The zero-order chi connectivity index (χ0) is 15.5. The number of aromatic nitrogens is 1. The molecule has 1 radical (unpaired) electrons. The molecule has 0 unspecified atom stereocenters. The maximum absolute atomic E-state index is 12.9. The average molecular weight is 313 g/mol. The molecule has 2 rings (SSSR count). The molecule has 0 aliphatic rings. The van der Waals surface area contributed by atoms with Crippen molar-refractivity contribution in [3.63, 3.8) is 0 Å². The molecule has 7 heteroatoms. The molecule has 1 aromatic heterocycles. The Morgan fingerprint density at radius 2 is 2.05 bits per heavy atom. The lowest BCUT2D eigenvalue weighted by molar-refractivity contribution is -0.137. The standard InChI is InChI=1S/C14H12F3N2OS/c1-2-7-18-13-19-8-11(21-13)12(20)9-5-3-4-6-10(9)14(15,16)17/h3-6,8H,1-2,7H2,(H,18,19). The molecular formula is C14H12F3N2OS. The molecule has 1 aromatic carbocycles. The van der Waals surface area contributed by atoms with Gasteiger partial charge in [-0.2, -0.15) is 13.2 Å². The van der Waals surface area contributed by atoms with Crippen LogP contribution in [0.3, 0.4) is 0 Å². The largest absolute Gasteiger partial charge is 0.417 e. The van der Waals surface area contributed by atoms with Gasteiger partial charge in [-0.05, 0) is 12.5 Å². The predicted octanol–water partition coefficient (Wildman–Crippen LogP) is 4.03. The lowest BCUT2D eigenvalue weighted by Crippen LogP contribution is -2.12. The summed E-state index contributed by atoms with van der Waals surface area (Å²) in [6, 6.07) is 4.74. The van der Waals surface area contributed by atoms with Gasteiger partial charge in [-0.3, -0.25) is 4.79 Å². The number of thiazole rings is 1. The lowest BCUT2D eigenvalue weighted by Gasteiger charge is -2.10. The Bertz CT molecular complexity index is 637. The van der Waals surface area contributed by atoms with Crippen LogP contribution in [-0.2, 0) is 6.18 Å². The second kappa shape index (κ2) is 6.26. The minimum atomic E-state index is -4.56. The summed E-state index contributed by atoms with van der Waals surface area (Å²) in [4.78, 5) is 16.4. The normalized spacial score (nSPS) is 11.4. The maximum atomic E-state index is 12.9. The van der Waals surface area contributed by atoms with Crippen LogP contribution in [0.4, 0.5) is 18.3 Å². The number of nitrogens with zero attached hydrogens (tertiary/aromatic N) is 1. The van der Waals surface area contributed by atoms with Crippen LogP contribution < -0.4 is 5.32 Å². The molecule has 2 aromatic rings. The quantitative estimate of drug-likeness (QED) is 0.847. The molecule has 0 bridgehead atoms. The monoisotopic (exact) mass is 313 g/mol. The summed E-state index contributed by atoms with van der Waals surface area (Å²) < 4.78 is 38.7. The van der Waals surface area contributed by atoms with E-state index in [0.29, 0.717) is 18.1 Å². The summed E-state index contributed by atoms with van der Waals surface area (Å²) in [5, 5.41) is 3.43. The molecule has 0 fully saturated rings. The van der Waals surface area contributed by atoms with Crippen LogP contribution in [0.2, 0.25) is 0 Å². The van der Waals surface area contributed by atoms with Crippen molar-refractivity contribution in [1.82, 2.24) is 4.98 Å². The van der Waals surface area contributed by atoms with E-state index in [-0.39, 0.29) is 10.4 Å². The third-order valence-electron chi connectivity index (χ3n) is 2.66. The van der Waals surface area contributed by atoms with Gasteiger partial charge in [0.05, 0.1) is 16.6 Å². The van der Waals surface area contributed by atoms with Crippen LogP contribution in [0.5, 0.6) is 0 Å². The van der Waals surface area contributed by atoms with Gasteiger partial charge in [0.2, 0.25) is 5.78 Å². The van der Waals surface area contributed by atoms with Crippen molar-refractivity contribution in [3.05, 3.63) is 53.4 Å². The molecule has 0 atom stereocenters. The number of benzene rings is 1. The SMILES string of the molecule is [CH2]CCNc1ncc(C(=O)c2ccccc2C(F)(F)F)s1. The molecule has 1 heterocycles. The third-order valence-corrected chi connectivity index (χ3v) is 3.61. The van der Waals surface area contributed by atoms with Crippen LogP contribution in [0.25, 0.3) is 0 Å². The number of rotatable bonds is 5. The van der Waals surface area contributed by atoms with E-state index in [9.17, 15) is 18.0 Å². The van der Waals surface area contributed by atoms with Gasteiger partial charge in [-0.15, -0.1) is 0 Å². The van der Waals surface area contributed by atoms with Gasteiger partial charge in [0.1, 0.15) is 0 Å². The van der Waals surface area contributed by atoms with Gasteiger partial charge in [0, 0.05) is 12.1 Å². The second-order valence-corrected chi connectivity index (χ2v) is 5.21. The first kappa shape index (κ1) is 15.5. The lowest BCUT2D eigenvalue weighted by atomic mass is 10.0. The highest BCUT2D eigenvalue weighted by molar-refractivity contribution is 7.17. The molecule has 0 saturated carbocycles. The number of hydrogen-bond donors (Lipinski definition) is 1. The van der Waals surface area contributed by atoms with E-state index in [1.54, 1.807) is 0 Å². The second-order valence-electron chi connectivity index (χ2n) is 4.18. The van der Waals surface area contributed by atoms with E-state index in [1.165, 1.54) is 24.4 Å². The summed E-state index contributed by atoms with van der Waals surface area (Å²) in [6.07, 6.45) is -2.64. The van der Waals surface area contributed by atoms with Crippen molar-refractivity contribution in [3.8, 4) is 0 Å². The van der Waals surface area contributed by atoms with Crippen LogP contribution in [-0.4, -0.2) is 17.3 Å². The minimum absolute atomic E-state index is 0.165. The molecule has 3 nitrogen and oxygen atoms in total. The highest BCUT2D eigenvalue weighted by atomic mass is 32.1. The first-order valence-corrected chi connectivity index (χ1v) is 6.95. The molecular weight excluding hydrogens is 301 g/mol. The summed E-state index contributed by atoms with van der Waals surface area (Å²) in [5.74, 6) is -0.678. The summed E-state index contributed by atoms with van der Waals surface area (Å²) in [6.45, 7) is 4.23. The van der Waals surface area contributed by atoms with Crippen LogP contribution in [0.15, 0.2) is 30.5 Å². The molecule has 0 aliphatic carbocycles. The highest BCUT2D eigenvalue weighted by Gasteiger charge is 2.35. The molecule has 0 spiro atoms. The van der Waals surface area contributed by atoms with Gasteiger partial charge >= 0.3 is 6.18 Å². The van der Waals surface area contributed by atoms with Gasteiger partial charge < -0.3 is 5.32 Å². The number of carbonyl (C=O) groups is 1. The van der Waals surface area contributed by atoms with Gasteiger partial charge in [0.15, 0.2) is 5.13 Å². The Kier molecular flexibility index (Phi) is 4.62. The van der Waals surface area contributed by atoms with E-state index in [2.05, 4.69) is 17.2 Å². The highest BCUT2D eigenvalue weighted by Crippen LogP contribution is 2.33. The number of ketones is 1. The maximum Gasteiger partial charge on any atom is 0.417 e. The van der Waals surface area contributed by atoms with Crippen molar-refractivity contribution in [2.24, 2.45) is 0 Å². The van der Waals surface area contributed by atoms with Crippen molar-refractivity contribution in [2.75, 3.05) is 11.9 Å². The number of nitrogens with one attached hydrogen (secondary N) is 1. The number of anilines is 1. The van der Waals surface area contributed by atoms with E-state index >= 15 is 0 Å². The molecule has 1 N–H and O–H groups in total. The fourth-order valence-corrected chi connectivity index (χ4v) is 2.51. The number of alkyl halides is 3. The van der Waals surface area contributed by atoms with Crippen molar-refractivity contribution in [1.29, 1.82) is 0 Å². The van der Waals surface area contributed by atoms with Crippen molar-refractivity contribution in [2.45, 2.75) is 12.6 Å². The zero-order valence-electron chi connectivity index (χ0n) is 10.9. The molecule has 0 aliphatic heterocycles. The van der Waals surface area contributed by atoms with E-state index in [4.69, 9.17) is 0 Å². The number of hydrogen-bond acceptors (Lipinski definition) is 4. The number of halogens is 3. The van der Waals surface area contributed by atoms with E-state index in [0.717, 1.165) is 17.4 Å². The summed E-state index contributed by atoms with van der Waals surface area (Å²) in [5.41, 5.74) is -1.30. The predicted molar refractivity (Wildman–Crippen MR) is 75.5 cm³/mol. The fraction of sp³-hybridized carbons (Fsp3) is 0.214. The topological polar surface area (TPSA) is 42.0 Å². The number of carbonyl (C=O) groups excluding carboxylic acids is 1. The first-order chi connectivity index (χ1) is 9.93. The average Bonchev–Trinajstić information content (AvgIpc) is 2.92. The Labute approximate surface area is 123 Å². The van der Waals surface area contributed by atoms with Crippen LogP contribution in [0.1, 0.15) is 27.2 Å². The molecule has 21 heavy (non-hydrogen) atoms. The minimum Gasteiger partial charge on any atom is -0.362 e. The first-order valence-electron chi connectivity index (χ1n) is 6.13. The fourth-order valence-electron chi connectivity index (χ4n) is 1.72.